The molecule has 13 heteroatoms. The lowest BCUT2D eigenvalue weighted by Crippen LogP contribution is -2.60. The number of benzene rings is 2. The quantitative estimate of drug-likeness (QED) is 0.252. The van der Waals surface area contributed by atoms with Gasteiger partial charge < -0.3 is 19.1 Å². The van der Waals surface area contributed by atoms with Crippen LogP contribution in [-0.4, -0.2) is 245 Å². The molecule has 15 heterocycles. The highest BCUT2D eigenvalue weighted by Gasteiger charge is 2.50. The van der Waals surface area contributed by atoms with E-state index in [0.29, 0.717) is 91.7 Å². The van der Waals surface area contributed by atoms with Crippen LogP contribution in [0.4, 0.5) is 5.69 Å². The van der Waals surface area contributed by atoms with E-state index in [-0.39, 0.29) is 5.54 Å². The molecule has 25 rings (SSSR count). The first-order chi connectivity index (χ1) is 62.3. The molecule has 15 unspecified atom stereocenters. The largest absolute Gasteiger partial charge is 0.375 e. The van der Waals surface area contributed by atoms with E-state index in [0.717, 1.165) is 130 Å². The minimum Gasteiger partial charge on any atom is -0.375 e. The van der Waals surface area contributed by atoms with E-state index in [2.05, 4.69) is 326 Å². The number of anilines is 1. The van der Waals surface area contributed by atoms with Gasteiger partial charge in [0, 0.05) is 175 Å². The number of hydrogen-bond acceptors (Lipinski definition) is 13. The molecule has 8 saturated carbocycles. The lowest BCUT2D eigenvalue weighted by molar-refractivity contribution is -0.133. The Hall–Kier alpha value is -2.24. The molecule has 2 aromatic rings. The Bertz CT molecular complexity index is 3680. The van der Waals surface area contributed by atoms with Crippen LogP contribution in [0.5, 0.6) is 0 Å². The summed E-state index contributed by atoms with van der Waals surface area (Å²) in [7, 11) is 0. The SMILES string of the molecule is CC(C)(C)C1CCC2CCCC2C1.CC(C)(C)N1CC2CC1C2.CC(C)(C)N1CC2CC1CO2.CC(C)(C)N1CC2CCC1C2.CC(C)(C)N1CC2CCC1CC2.CC(C)(C)N1CC2CCC1CO2.CC(C)(C)N1CC2CCCCC2C1.CC(C)(C)N1CCC2CCCCC21.CC(C)(C)N1CCOC2CCCC21.CC(C)(C)N1CCc2ccccc21.CC(C)(C)N1Cc2ccccc2C1. The third-order valence-corrected chi connectivity index (χ3v) is 36.8. The van der Waals surface area contributed by atoms with Gasteiger partial charge in [-0.1, -0.05) is 108 Å². The summed E-state index contributed by atoms with van der Waals surface area (Å²) in [6.07, 6.45) is 46.5. The molecule has 0 amide bonds. The predicted molar refractivity (Wildman–Crippen MR) is 574 cm³/mol. The standard InChI is InChI=1S/C13H24.C12H23N.C12H17N.C12H23N.C12H17N.C11H21NO.C11H21N.C10H19NO.C10H19N.C9H17NO.C9H17N/c1-13(2,3)12-8-7-10-5-4-6-11(10)9-12;2*1-12(2,3)13-8-10-6-4-5-7-11(10)9-13;2*1-12(2,3)13-9-8-10-6-4-5-7-11(10)13;1-11(2,3)12-7-8-13-10-6-4-5-9(10)12;1-11(2,3)12-8-9-4-6-10(12)7-5-9;1-10(2,3)11-6-9-5-4-8(11)7-12-9;1-10(2,3)11-7-8-4-5-9(11)6-8;1-9(2,3)10-5-8-4-7(10)6-11-8;1-9(2,3)10-6-7-4-8(10)5-7/h10-12H,4-9H2,1-3H3;10-11H,4-9H2,1-3H3;4-7H,8-9H2,1-3H3;10-11H,4-9H2,1-3H3;4-7H,8-9H2,1-3H3;9-10H,4-8H2,1-3H3;9-10H,4-8H2,1-3H3;8-9H,4-7H2,1-3H3;8-9H,4-7H2,1-3H3;7-8H,4-6H2,1-3H3;7-8H,4-6H2,1-3H3. The topological polar surface area (TPSA) is 60.1 Å². The van der Waals surface area contributed by atoms with E-state index in [1.54, 1.807) is 6.42 Å². The summed E-state index contributed by atoms with van der Waals surface area (Å²) in [6.45, 7) is 94.7. The molecule has 2 aromatic carbocycles. The first-order valence-electron chi connectivity index (χ1n) is 57.0. The fraction of sp³-hybridized carbons (Fsp3) is 0.901. The summed E-state index contributed by atoms with van der Waals surface area (Å²) < 4.78 is 17.0. The van der Waals surface area contributed by atoms with Gasteiger partial charge in [0.15, 0.2) is 0 Å². The summed E-state index contributed by atoms with van der Waals surface area (Å²) >= 11 is 0. The van der Waals surface area contributed by atoms with Gasteiger partial charge in [-0.25, -0.2) is 0 Å². The van der Waals surface area contributed by atoms with Crippen molar-refractivity contribution in [2.75, 3.05) is 90.2 Å². The molecule has 0 aromatic heterocycles. The Kier molecular flexibility index (Phi) is 37.6. The maximum atomic E-state index is 5.79. The van der Waals surface area contributed by atoms with Crippen LogP contribution in [0.25, 0.3) is 0 Å². The van der Waals surface area contributed by atoms with E-state index in [1.807, 2.05) is 0 Å². The molecule has 0 radical (unpaired) electrons. The number of hydrogen-bond donors (Lipinski definition) is 0. The number of morpholine rings is 3. The Morgan fingerprint density at radius 3 is 1.13 bits per heavy atom. The monoisotopic (exact) mass is 1860 g/mol. The molecule has 10 bridgehead atoms. The number of piperidine rings is 4. The third-order valence-electron chi connectivity index (χ3n) is 36.8. The number of nitrogens with zero attached hydrogens (tertiary/aromatic N) is 10. The molecule has 0 N–H and O–H groups in total. The summed E-state index contributed by atoms with van der Waals surface area (Å²) in [5.41, 5.74) is 10.1. The minimum absolute atomic E-state index is 0.257. The molecule has 21 fully saturated rings. The summed E-state index contributed by atoms with van der Waals surface area (Å²) in [4.78, 5) is 26.3. The summed E-state index contributed by atoms with van der Waals surface area (Å²) in [6, 6.07) is 23.3. The van der Waals surface area contributed by atoms with Gasteiger partial charge in [-0.2, -0.15) is 0 Å². The second-order valence-corrected chi connectivity index (χ2v) is 57.9. The molecule has 13 saturated heterocycles. The van der Waals surface area contributed by atoms with Crippen LogP contribution in [0.3, 0.4) is 0 Å². The highest BCUT2D eigenvalue weighted by atomic mass is 16.5. The Morgan fingerprint density at radius 2 is 0.701 bits per heavy atom. The second-order valence-electron chi connectivity index (χ2n) is 57.9. The van der Waals surface area contributed by atoms with Crippen LogP contribution in [0.15, 0.2) is 48.5 Å². The van der Waals surface area contributed by atoms with Crippen LogP contribution in [0.2, 0.25) is 0 Å². The minimum atomic E-state index is 0.257. The zero-order valence-electron chi connectivity index (χ0n) is 94.3. The average molecular weight is 1860 g/mol. The fourth-order valence-corrected chi connectivity index (χ4v) is 28.9. The van der Waals surface area contributed by atoms with Gasteiger partial charge in [0.1, 0.15) is 0 Å². The maximum Gasteiger partial charge on any atom is 0.0731 e. The van der Waals surface area contributed by atoms with Crippen LogP contribution >= 0.6 is 0 Å². The number of ether oxygens (including phenoxy) is 3. The molecule has 15 aliphatic heterocycles. The fourth-order valence-electron chi connectivity index (χ4n) is 28.9. The van der Waals surface area contributed by atoms with E-state index >= 15 is 0 Å². The van der Waals surface area contributed by atoms with Gasteiger partial charge in [-0.05, 0) is 450 Å². The van der Waals surface area contributed by atoms with Crippen molar-refractivity contribution in [3.05, 3.63) is 65.2 Å². The van der Waals surface area contributed by atoms with Crippen molar-refractivity contribution < 1.29 is 14.2 Å². The van der Waals surface area contributed by atoms with E-state index < -0.39 is 0 Å². The lowest BCUT2D eigenvalue weighted by atomic mass is 9.66. The normalized spacial score (nSPS) is 33.7. The van der Waals surface area contributed by atoms with Crippen molar-refractivity contribution in [3.8, 4) is 0 Å². The van der Waals surface area contributed by atoms with Gasteiger partial charge in [-0.15, -0.1) is 0 Å². The lowest BCUT2D eigenvalue weighted by Gasteiger charge is -2.51. The highest BCUT2D eigenvalue weighted by Crippen LogP contribution is 2.51. The second kappa shape index (κ2) is 45.6. The van der Waals surface area contributed by atoms with Gasteiger partial charge in [-0.3, -0.25) is 44.1 Å². The first-order valence-corrected chi connectivity index (χ1v) is 57.0. The Morgan fingerprint density at radius 1 is 0.261 bits per heavy atom. The van der Waals surface area contributed by atoms with Crippen molar-refractivity contribution in [1.82, 2.24) is 44.1 Å². The van der Waals surface area contributed by atoms with Crippen LogP contribution in [0, 0.1) is 58.7 Å². The maximum absolute atomic E-state index is 5.79. The Labute approximate surface area is 829 Å². The summed E-state index contributed by atoms with van der Waals surface area (Å²) in [5, 5.41) is 0. The van der Waals surface area contributed by atoms with Gasteiger partial charge in [0.2, 0.25) is 0 Å². The highest BCUT2D eigenvalue weighted by molar-refractivity contribution is 5.59. The van der Waals surface area contributed by atoms with Crippen LogP contribution in [0.1, 0.15) is 438 Å². The molecule has 23 aliphatic rings. The number of para-hydroxylation sites is 1. The van der Waals surface area contributed by atoms with Crippen molar-refractivity contribution in [2.24, 2.45) is 58.7 Å². The van der Waals surface area contributed by atoms with Crippen LogP contribution < -0.4 is 4.90 Å². The third kappa shape index (κ3) is 30.2. The van der Waals surface area contributed by atoms with E-state index in [4.69, 9.17) is 14.2 Å². The molecular weight excluding hydrogens is 1640 g/mol. The van der Waals surface area contributed by atoms with Crippen molar-refractivity contribution in [1.29, 1.82) is 0 Å². The molecule has 0 spiro atoms. The molecular formula is C121H218N10O3. The zero-order valence-corrected chi connectivity index (χ0v) is 94.3. The zero-order chi connectivity index (χ0) is 97.9. The Balaban J connectivity index is 0.000000133. The van der Waals surface area contributed by atoms with Crippen LogP contribution in [-0.2, 0) is 33.7 Å². The van der Waals surface area contributed by atoms with E-state index in [1.165, 1.54) is 261 Å². The van der Waals surface area contributed by atoms with Gasteiger partial charge in [0.25, 0.3) is 0 Å². The number of rotatable bonds is 0. The van der Waals surface area contributed by atoms with Crippen molar-refractivity contribution >= 4 is 5.69 Å². The van der Waals surface area contributed by atoms with Crippen molar-refractivity contribution in [2.45, 2.75) is 557 Å². The molecule has 8 aliphatic carbocycles. The summed E-state index contributed by atoms with van der Waals surface area (Å²) in [5.74, 6) is 9.47. The average Bonchev–Trinajstić information content (AvgIpc) is 1.55. The van der Waals surface area contributed by atoms with E-state index in [9.17, 15) is 0 Å². The van der Waals surface area contributed by atoms with Gasteiger partial charge >= 0.3 is 0 Å². The number of likely N-dealkylation sites (tertiary alicyclic amines) is 4. The number of fused-ring (bicyclic) bond motifs is 17. The molecule has 13 nitrogen and oxygen atoms in total. The smallest absolute Gasteiger partial charge is 0.0731 e. The molecule has 134 heavy (non-hydrogen) atoms. The molecule has 15 atom stereocenters. The van der Waals surface area contributed by atoms with Gasteiger partial charge in [0.05, 0.1) is 38.1 Å². The first kappa shape index (κ1) is 111. The predicted octanol–water partition coefficient (Wildman–Crippen LogP) is 27.6. The van der Waals surface area contributed by atoms with Crippen molar-refractivity contribution in [3.63, 3.8) is 0 Å². The molecule has 770 valence electrons.